The fraction of sp³-hybridized carbons (Fsp3) is 0.556. The maximum Gasteiger partial charge on any atom is 0.257 e. The number of rotatable bonds is 7. The van der Waals surface area contributed by atoms with Crippen LogP contribution in [0.4, 0.5) is 0 Å². The Labute approximate surface area is 149 Å². The first-order chi connectivity index (χ1) is 11.7. The van der Waals surface area contributed by atoms with Crippen molar-refractivity contribution in [3.05, 3.63) is 29.8 Å². The predicted octanol–water partition coefficient (Wildman–Crippen LogP) is 3.04. The van der Waals surface area contributed by atoms with E-state index in [2.05, 4.69) is 10.6 Å². The van der Waals surface area contributed by atoms with Gasteiger partial charge in [-0.3, -0.25) is 10.1 Å². The van der Waals surface area contributed by atoms with E-state index in [1.54, 1.807) is 24.3 Å². The van der Waals surface area contributed by atoms with Crippen molar-refractivity contribution in [1.82, 2.24) is 10.6 Å². The third-order valence-corrected chi connectivity index (χ3v) is 4.20. The molecule has 0 bridgehead atoms. The summed E-state index contributed by atoms with van der Waals surface area (Å²) in [6, 6.07) is 7.40. The van der Waals surface area contributed by atoms with Crippen LogP contribution in [0, 0.1) is 0 Å². The number of benzene rings is 1. The predicted molar refractivity (Wildman–Crippen MR) is 98.5 cm³/mol. The lowest BCUT2D eigenvalue weighted by Gasteiger charge is -2.24. The molecule has 0 radical (unpaired) electrons. The van der Waals surface area contributed by atoms with Crippen molar-refractivity contribution in [2.45, 2.75) is 45.1 Å². The largest absolute Gasteiger partial charge is 0.491 e. The molecule has 24 heavy (non-hydrogen) atoms. The van der Waals surface area contributed by atoms with E-state index in [1.807, 2.05) is 6.92 Å². The highest BCUT2D eigenvalue weighted by Crippen LogP contribution is 2.17. The molecule has 2 N–H and O–H groups in total. The van der Waals surface area contributed by atoms with Crippen LogP contribution in [0.15, 0.2) is 24.3 Å². The molecule has 1 saturated carbocycles. The van der Waals surface area contributed by atoms with Gasteiger partial charge >= 0.3 is 0 Å². The van der Waals surface area contributed by atoms with Crippen molar-refractivity contribution in [3.8, 4) is 5.75 Å². The van der Waals surface area contributed by atoms with Crippen LogP contribution < -0.4 is 15.4 Å². The van der Waals surface area contributed by atoms with Crippen molar-refractivity contribution in [2.75, 3.05) is 19.8 Å². The first-order valence-electron chi connectivity index (χ1n) is 8.61. The minimum absolute atomic E-state index is 0.204. The van der Waals surface area contributed by atoms with Crippen LogP contribution in [0.2, 0.25) is 0 Å². The third kappa shape index (κ3) is 6.45. The average Bonchev–Trinajstić information content (AvgIpc) is 2.60. The number of thiocarbonyl (C=S) groups is 1. The minimum atomic E-state index is -0.204. The third-order valence-electron chi connectivity index (χ3n) is 3.98. The molecule has 1 fully saturated rings. The van der Waals surface area contributed by atoms with Gasteiger partial charge in [-0.25, -0.2) is 0 Å². The Morgan fingerprint density at radius 2 is 1.88 bits per heavy atom. The lowest BCUT2D eigenvalue weighted by atomic mass is 9.96. The standard InChI is InChI=1S/C18H26N2O3S/c1-2-22-12-13-23-16-10-8-14(9-11-16)17(21)20-18(24)19-15-6-4-3-5-7-15/h8-11,15H,2-7,12-13H2,1H3,(H2,19,20,21,24). The molecule has 0 aliphatic heterocycles. The summed E-state index contributed by atoms with van der Waals surface area (Å²) in [5, 5.41) is 6.38. The topological polar surface area (TPSA) is 59.6 Å². The van der Waals surface area contributed by atoms with E-state index in [4.69, 9.17) is 21.7 Å². The average molecular weight is 350 g/mol. The Balaban J connectivity index is 1.75. The van der Waals surface area contributed by atoms with Gasteiger partial charge < -0.3 is 14.8 Å². The van der Waals surface area contributed by atoms with Crippen LogP contribution in [-0.2, 0) is 4.74 Å². The molecule has 132 valence electrons. The number of carbonyl (C=O) groups excluding carboxylic acids is 1. The Morgan fingerprint density at radius 1 is 1.17 bits per heavy atom. The maximum absolute atomic E-state index is 12.2. The summed E-state index contributed by atoms with van der Waals surface area (Å²) in [4.78, 5) is 12.2. The van der Waals surface area contributed by atoms with E-state index in [-0.39, 0.29) is 5.91 Å². The van der Waals surface area contributed by atoms with Gasteiger partial charge in [0.15, 0.2) is 5.11 Å². The molecular weight excluding hydrogens is 324 g/mol. The molecule has 1 aromatic carbocycles. The SMILES string of the molecule is CCOCCOc1ccc(C(=O)NC(=S)NC2CCCCC2)cc1. The normalized spacial score (nSPS) is 14.9. The molecule has 5 nitrogen and oxygen atoms in total. The van der Waals surface area contributed by atoms with Gasteiger partial charge in [0.25, 0.3) is 5.91 Å². The molecule has 0 heterocycles. The maximum atomic E-state index is 12.2. The molecule has 2 rings (SSSR count). The van der Waals surface area contributed by atoms with Crippen molar-refractivity contribution < 1.29 is 14.3 Å². The first kappa shape index (κ1) is 18.7. The Kier molecular flexibility index (Phi) is 7.98. The Morgan fingerprint density at radius 3 is 2.54 bits per heavy atom. The van der Waals surface area contributed by atoms with Crippen LogP contribution in [0.3, 0.4) is 0 Å². The zero-order valence-electron chi connectivity index (χ0n) is 14.2. The summed E-state index contributed by atoms with van der Waals surface area (Å²) in [7, 11) is 0. The molecule has 0 saturated heterocycles. The van der Waals surface area contributed by atoms with Gasteiger partial charge in [0.1, 0.15) is 12.4 Å². The highest BCUT2D eigenvalue weighted by Gasteiger charge is 2.15. The summed E-state index contributed by atoms with van der Waals surface area (Å²) in [6.45, 7) is 3.67. The van der Waals surface area contributed by atoms with Crippen molar-refractivity contribution >= 4 is 23.2 Å². The first-order valence-corrected chi connectivity index (χ1v) is 9.02. The molecule has 0 aromatic heterocycles. The number of hydrogen-bond donors (Lipinski definition) is 2. The second-order valence-corrected chi connectivity index (χ2v) is 6.24. The number of nitrogens with one attached hydrogen (secondary N) is 2. The van der Waals surface area contributed by atoms with Gasteiger partial charge in [0, 0.05) is 18.2 Å². The zero-order chi connectivity index (χ0) is 17.2. The number of hydrogen-bond acceptors (Lipinski definition) is 4. The summed E-state index contributed by atoms with van der Waals surface area (Å²) >= 11 is 5.24. The summed E-state index contributed by atoms with van der Waals surface area (Å²) in [6.07, 6.45) is 5.96. The van der Waals surface area contributed by atoms with Crippen LogP contribution in [0.25, 0.3) is 0 Å². The quantitative estimate of drug-likeness (QED) is 0.585. The van der Waals surface area contributed by atoms with Crippen LogP contribution >= 0.6 is 12.2 Å². The highest BCUT2D eigenvalue weighted by molar-refractivity contribution is 7.80. The lowest BCUT2D eigenvalue weighted by molar-refractivity contribution is 0.0976. The summed E-state index contributed by atoms with van der Waals surface area (Å²) in [5.41, 5.74) is 0.556. The van der Waals surface area contributed by atoms with E-state index in [9.17, 15) is 4.79 Å². The van der Waals surface area contributed by atoms with E-state index in [1.165, 1.54) is 19.3 Å². The van der Waals surface area contributed by atoms with E-state index in [0.717, 1.165) is 12.8 Å². The smallest absolute Gasteiger partial charge is 0.257 e. The zero-order valence-corrected chi connectivity index (χ0v) is 15.0. The van der Waals surface area contributed by atoms with Crippen LogP contribution in [0.5, 0.6) is 5.75 Å². The molecule has 0 atom stereocenters. The second-order valence-electron chi connectivity index (χ2n) is 5.83. The van der Waals surface area contributed by atoms with E-state index < -0.39 is 0 Å². The molecule has 0 unspecified atom stereocenters. The summed E-state index contributed by atoms with van der Waals surface area (Å²) < 4.78 is 10.7. The molecular formula is C18H26N2O3S. The molecule has 1 aromatic rings. The van der Waals surface area contributed by atoms with Gasteiger partial charge in [-0.1, -0.05) is 19.3 Å². The Hall–Kier alpha value is -1.66. The van der Waals surface area contributed by atoms with Crippen LogP contribution in [0.1, 0.15) is 49.4 Å². The fourth-order valence-electron chi connectivity index (χ4n) is 2.71. The van der Waals surface area contributed by atoms with E-state index in [0.29, 0.717) is 42.3 Å². The number of ether oxygens (including phenoxy) is 2. The van der Waals surface area contributed by atoms with Gasteiger partial charge in [0.2, 0.25) is 0 Å². The van der Waals surface area contributed by atoms with Gasteiger partial charge in [-0.05, 0) is 56.2 Å². The van der Waals surface area contributed by atoms with Gasteiger partial charge in [0.05, 0.1) is 6.61 Å². The molecule has 6 heteroatoms. The second kappa shape index (κ2) is 10.3. The number of carbonyl (C=O) groups is 1. The van der Waals surface area contributed by atoms with Crippen molar-refractivity contribution in [1.29, 1.82) is 0 Å². The molecule has 1 aliphatic carbocycles. The number of amides is 1. The Bertz CT molecular complexity index is 528. The fourth-order valence-corrected chi connectivity index (χ4v) is 2.97. The molecule has 1 aliphatic rings. The van der Waals surface area contributed by atoms with Gasteiger partial charge in [-0.2, -0.15) is 0 Å². The van der Waals surface area contributed by atoms with Gasteiger partial charge in [-0.15, -0.1) is 0 Å². The molecule has 0 spiro atoms. The van der Waals surface area contributed by atoms with Crippen molar-refractivity contribution in [3.63, 3.8) is 0 Å². The molecule has 1 amide bonds. The van der Waals surface area contributed by atoms with E-state index >= 15 is 0 Å². The van der Waals surface area contributed by atoms with Crippen LogP contribution in [-0.4, -0.2) is 36.9 Å². The lowest BCUT2D eigenvalue weighted by Crippen LogP contribution is -2.44. The monoisotopic (exact) mass is 350 g/mol. The van der Waals surface area contributed by atoms with Crippen molar-refractivity contribution in [2.24, 2.45) is 0 Å². The summed E-state index contributed by atoms with van der Waals surface area (Å²) in [5.74, 6) is 0.512. The minimum Gasteiger partial charge on any atom is -0.491 e. The highest BCUT2D eigenvalue weighted by atomic mass is 32.1.